The molecule has 0 unspecified atom stereocenters. The van der Waals surface area contributed by atoms with Gasteiger partial charge in [0.1, 0.15) is 5.56 Å². The maximum absolute atomic E-state index is 13.1. The maximum atomic E-state index is 13.1. The van der Waals surface area contributed by atoms with Gasteiger partial charge in [0.25, 0.3) is 5.91 Å². The first-order valence-electron chi connectivity index (χ1n) is 10.7. The average molecular weight is 448 g/mol. The highest BCUT2D eigenvalue weighted by Crippen LogP contribution is 2.32. The minimum Gasteiger partial charge on any atom is -0.478 e. The van der Waals surface area contributed by atoms with Gasteiger partial charge in [0.05, 0.1) is 29.1 Å². The summed E-state index contributed by atoms with van der Waals surface area (Å²) in [6.07, 6.45) is 1.39. The van der Waals surface area contributed by atoms with Crippen LogP contribution in [0.1, 0.15) is 38.0 Å². The van der Waals surface area contributed by atoms with Crippen LogP contribution in [0.4, 0.5) is 11.4 Å². The number of carbonyl (C=O) groups excluding carboxylic acids is 2. The molecule has 0 aliphatic carbocycles. The summed E-state index contributed by atoms with van der Waals surface area (Å²) in [4.78, 5) is 43.6. The Balaban J connectivity index is 1.85. The molecule has 3 aromatic rings. The topological polar surface area (TPSA) is 121 Å². The zero-order valence-electron chi connectivity index (χ0n) is 18.1. The number of carboxylic acid groups (broad SMARTS) is 1. The fourth-order valence-corrected chi connectivity index (χ4v) is 3.79. The van der Waals surface area contributed by atoms with Crippen molar-refractivity contribution in [3.05, 3.63) is 65.4 Å². The highest BCUT2D eigenvalue weighted by Gasteiger charge is 2.22. The summed E-state index contributed by atoms with van der Waals surface area (Å²) in [6, 6.07) is 11.5. The third-order valence-electron chi connectivity index (χ3n) is 5.43. The smallest absolute Gasteiger partial charge is 0.341 e. The Kier molecular flexibility index (Phi) is 6.50. The zero-order valence-corrected chi connectivity index (χ0v) is 18.1. The van der Waals surface area contributed by atoms with Crippen LogP contribution in [0.5, 0.6) is 0 Å². The predicted octanol–water partition coefficient (Wildman–Crippen LogP) is 2.90. The summed E-state index contributed by atoms with van der Waals surface area (Å²) in [6.45, 7) is 4.54. The lowest BCUT2D eigenvalue weighted by Gasteiger charge is -2.27. The van der Waals surface area contributed by atoms with Crippen molar-refractivity contribution >= 4 is 40.1 Å². The number of carbonyl (C=O) groups is 3. The number of amides is 1. The van der Waals surface area contributed by atoms with Crippen LogP contribution in [0.15, 0.2) is 48.7 Å². The van der Waals surface area contributed by atoms with Gasteiger partial charge < -0.3 is 25.4 Å². The van der Waals surface area contributed by atoms with Crippen LogP contribution in [0.2, 0.25) is 0 Å². The van der Waals surface area contributed by atoms with Gasteiger partial charge in [-0.05, 0) is 37.3 Å². The van der Waals surface area contributed by atoms with E-state index in [-0.39, 0.29) is 23.6 Å². The Bertz CT molecular complexity index is 1220. The largest absolute Gasteiger partial charge is 0.478 e. The highest BCUT2D eigenvalue weighted by atomic mass is 16.5. The number of aromatic nitrogens is 1. The van der Waals surface area contributed by atoms with E-state index < -0.39 is 11.9 Å². The van der Waals surface area contributed by atoms with Crippen LogP contribution in [0.3, 0.4) is 0 Å². The second-order valence-corrected chi connectivity index (χ2v) is 7.52. The van der Waals surface area contributed by atoms with Crippen molar-refractivity contribution in [1.29, 1.82) is 0 Å². The molecule has 1 fully saturated rings. The van der Waals surface area contributed by atoms with E-state index in [0.717, 1.165) is 13.1 Å². The van der Waals surface area contributed by atoms with Crippen molar-refractivity contribution in [3.63, 3.8) is 0 Å². The Labute approximate surface area is 190 Å². The molecule has 9 nitrogen and oxygen atoms in total. The molecule has 1 aromatic heterocycles. The maximum Gasteiger partial charge on any atom is 0.341 e. The molecule has 170 valence electrons. The molecule has 1 saturated heterocycles. The molecule has 9 heteroatoms. The Morgan fingerprint density at radius 1 is 1.12 bits per heavy atom. The summed E-state index contributed by atoms with van der Waals surface area (Å²) in [5.41, 5.74) is 1.85. The predicted molar refractivity (Wildman–Crippen MR) is 123 cm³/mol. The van der Waals surface area contributed by atoms with Gasteiger partial charge in [-0.1, -0.05) is 12.1 Å². The molecule has 4 rings (SSSR count). The molecule has 2 aromatic carbocycles. The van der Waals surface area contributed by atoms with Crippen molar-refractivity contribution in [1.82, 2.24) is 15.2 Å². The number of rotatable bonds is 6. The number of para-hydroxylation sites is 1. The van der Waals surface area contributed by atoms with Gasteiger partial charge in [-0.2, -0.15) is 0 Å². The minimum atomic E-state index is -1.11. The number of hydrogen-bond acceptors (Lipinski definition) is 7. The number of pyridine rings is 1. The van der Waals surface area contributed by atoms with Crippen LogP contribution in [0.25, 0.3) is 10.9 Å². The van der Waals surface area contributed by atoms with Crippen LogP contribution in [-0.4, -0.2) is 65.6 Å². The lowest BCUT2D eigenvalue weighted by atomic mass is 10.0. The van der Waals surface area contributed by atoms with Crippen molar-refractivity contribution < 1.29 is 24.2 Å². The standard InChI is InChI=1S/C24H24N4O5/c1-2-33-24(32)18-14-26-19-8-7-15(22(29)28-11-9-25-10-12-28)13-17(19)21(18)27-20-6-4-3-5-16(20)23(30)31/h3-8,13-14,25H,2,9-12H2,1H3,(H,26,27)(H,30,31). The average Bonchev–Trinajstić information content (AvgIpc) is 2.84. The van der Waals surface area contributed by atoms with Crippen molar-refractivity contribution in [2.75, 3.05) is 38.1 Å². The molecule has 1 amide bonds. The second-order valence-electron chi connectivity index (χ2n) is 7.52. The molecule has 2 heterocycles. The molecule has 1 aliphatic rings. The lowest BCUT2D eigenvalue weighted by Crippen LogP contribution is -2.46. The monoisotopic (exact) mass is 448 g/mol. The van der Waals surface area contributed by atoms with Gasteiger partial charge in [-0.25, -0.2) is 9.59 Å². The second kappa shape index (κ2) is 9.66. The third-order valence-corrected chi connectivity index (χ3v) is 5.43. The number of benzene rings is 2. The minimum absolute atomic E-state index is 0.0466. The van der Waals surface area contributed by atoms with E-state index in [2.05, 4.69) is 15.6 Å². The first-order valence-corrected chi connectivity index (χ1v) is 10.7. The summed E-state index contributed by atoms with van der Waals surface area (Å²) >= 11 is 0. The number of esters is 1. The number of nitrogens with one attached hydrogen (secondary N) is 2. The summed E-state index contributed by atoms with van der Waals surface area (Å²) in [5, 5.41) is 16.4. The molecule has 0 spiro atoms. The van der Waals surface area contributed by atoms with Crippen LogP contribution >= 0.6 is 0 Å². The van der Waals surface area contributed by atoms with E-state index in [1.807, 2.05) is 0 Å². The van der Waals surface area contributed by atoms with Crippen molar-refractivity contribution in [3.8, 4) is 0 Å². The number of aromatic carboxylic acids is 1. The quantitative estimate of drug-likeness (QED) is 0.492. The number of piperazine rings is 1. The van der Waals surface area contributed by atoms with E-state index in [9.17, 15) is 19.5 Å². The first-order chi connectivity index (χ1) is 16.0. The van der Waals surface area contributed by atoms with Crippen LogP contribution in [0, 0.1) is 0 Å². The number of hydrogen-bond donors (Lipinski definition) is 3. The molecular weight excluding hydrogens is 424 g/mol. The van der Waals surface area contributed by atoms with E-state index in [4.69, 9.17) is 4.74 Å². The van der Waals surface area contributed by atoms with Gasteiger partial charge in [-0.15, -0.1) is 0 Å². The summed E-state index contributed by atoms with van der Waals surface area (Å²) < 4.78 is 5.19. The molecule has 0 atom stereocenters. The van der Waals surface area contributed by atoms with Crippen LogP contribution < -0.4 is 10.6 Å². The molecule has 0 saturated carbocycles. The Morgan fingerprint density at radius 2 is 1.88 bits per heavy atom. The van der Waals surface area contributed by atoms with Crippen molar-refractivity contribution in [2.45, 2.75) is 6.92 Å². The number of nitrogens with zero attached hydrogens (tertiary/aromatic N) is 2. The highest BCUT2D eigenvalue weighted by molar-refractivity contribution is 6.09. The molecule has 3 N–H and O–H groups in total. The number of ether oxygens (including phenoxy) is 1. The van der Waals surface area contributed by atoms with E-state index in [0.29, 0.717) is 40.9 Å². The fourth-order valence-electron chi connectivity index (χ4n) is 3.79. The molecule has 0 bridgehead atoms. The first kappa shape index (κ1) is 22.2. The molecule has 1 aliphatic heterocycles. The Morgan fingerprint density at radius 3 is 2.61 bits per heavy atom. The number of carboxylic acids is 1. The normalized spacial score (nSPS) is 13.5. The fraction of sp³-hybridized carbons (Fsp3) is 0.250. The van der Waals surface area contributed by atoms with E-state index in [1.54, 1.807) is 48.2 Å². The van der Waals surface area contributed by atoms with Gasteiger partial charge in [0.2, 0.25) is 0 Å². The van der Waals surface area contributed by atoms with Gasteiger partial charge in [0.15, 0.2) is 0 Å². The van der Waals surface area contributed by atoms with Gasteiger partial charge >= 0.3 is 11.9 Å². The molecule has 0 radical (unpaired) electrons. The van der Waals surface area contributed by atoms with Gasteiger partial charge in [0, 0.05) is 43.3 Å². The van der Waals surface area contributed by atoms with Crippen molar-refractivity contribution in [2.24, 2.45) is 0 Å². The van der Waals surface area contributed by atoms with E-state index >= 15 is 0 Å². The molecule has 33 heavy (non-hydrogen) atoms. The lowest BCUT2D eigenvalue weighted by molar-refractivity contribution is 0.0526. The molecular formula is C24H24N4O5. The SMILES string of the molecule is CCOC(=O)c1cnc2ccc(C(=O)N3CCNCC3)cc2c1Nc1ccccc1C(=O)O. The third kappa shape index (κ3) is 4.63. The Hall–Kier alpha value is -3.98. The zero-order chi connectivity index (χ0) is 23.4. The van der Waals surface area contributed by atoms with E-state index in [1.165, 1.54) is 12.3 Å². The summed E-state index contributed by atoms with van der Waals surface area (Å²) in [7, 11) is 0. The number of fused-ring (bicyclic) bond motifs is 1. The summed E-state index contributed by atoms with van der Waals surface area (Å²) in [5.74, 6) is -1.82. The van der Waals surface area contributed by atoms with Gasteiger partial charge in [-0.3, -0.25) is 9.78 Å². The number of anilines is 2. The van der Waals surface area contributed by atoms with Crippen LogP contribution in [-0.2, 0) is 4.74 Å².